The third kappa shape index (κ3) is 4.43. The molecule has 3 unspecified atom stereocenters. The summed E-state index contributed by atoms with van der Waals surface area (Å²) in [6, 6.07) is 13.3. The van der Waals surface area contributed by atoms with Crippen LogP contribution < -0.4 is 0 Å². The fourth-order valence-electron chi connectivity index (χ4n) is 7.08. The van der Waals surface area contributed by atoms with Crippen molar-refractivity contribution in [3.63, 3.8) is 0 Å². The summed E-state index contributed by atoms with van der Waals surface area (Å²) in [4.78, 5) is 13.0. The standard InChI is InChI=1S/C30H37ClO/c1-3-21-12-20(2)13-25(14-21)23-8-9-28(31)26(17-23)15-22-6-7-24-18-30(10-4-5-11-30)19-29(32)27(24)16-22/h6-9,16-17,20-21,25H,3-5,10-15,18-19H2,1-2H3. The molecule has 32 heavy (non-hydrogen) atoms. The fourth-order valence-corrected chi connectivity index (χ4v) is 7.27. The molecule has 0 aromatic heterocycles. The minimum atomic E-state index is 0.261. The van der Waals surface area contributed by atoms with Crippen LogP contribution in [-0.2, 0) is 12.8 Å². The van der Waals surface area contributed by atoms with Gasteiger partial charge in [-0.1, -0.05) is 69.0 Å². The van der Waals surface area contributed by atoms with E-state index in [1.54, 1.807) is 0 Å². The monoisotopic (exact) mass is 448 g/mol. The number of benzene rings is 2. The summed E-state index contributed by atoms with van der Waals surface area (Å²) >= 11 is 6.66. The highest BCUT2D eigenvalue weighted by atomic mass is 35.5. The molecule has 2 aromatic carbocycles. The Morgan fingerprint density at radius 1 is 1.00 bits per heavy atom. The van der Waals surface area contributed by atoms with E-state index in [-0.39, 0.29) is 5.41 Å². The van der Waals surface area contributed by atoms with E-state index >= 15 is 0 Å². The van der Waals surface area contributed by atoms with Gasteiger partial charge in [-0.2, -0.15) is 0 Å². The summed E-state index contributed by atoms with van der Waals surface area (Å²) in [6.07, 6.45) is 12.9. The number of carbonyl (C=O) groups excluding carboxylic acids is 1. The Bertz CT molecular complexity index is 1000. The Labute approximate surface area is 199 Å². The van der Waals surface area contributed by atoms with Crippen LogP contribution in [0, 0.1) is 17.3 Å². The number of fused-ring (bicyclic) bond motifs is 1. The molecule has 0 aliphatic heterocycles. The summed E-state index contributed by atoms with van der Waals surface area (Å²) in [6.45, 7) is 4.74. The Balaban J connectivity index is 1.37. The predicted molar refractivity (Wildman–Crippen MR) is 134 cm³/mol. The van der Waals surface area contributed by atoms with E-state index in [0.29, 0.717) is 11.7 Å². The van der Waals surface area contributed by atoms with Gasteiger partial charge in [-0.3, -0.25) is 4.79 Å². The SMILES string of the molecule is CCC1CC(C)CC(c2ccc(Cl)c(Cc3ccc4c(c3)C(=O)CC3(CCCC3)C4)c2)C1. The van der Waals surface area contributed by atoms with E-state index in [2.05, 4.69) is 50.2 Å². The molecule has 2 aromatic rings. The maximum atomic E-state index is 13.0. The Morgan fingerprint density at radius 2 is 1.81 bits per heavy atom. The van der Waals surface area contributed by atoms with Crippen LogP contribution in [0.2, 0.25) is 5.02 Å². The van der Waals surface area contributed by atoms with Crippen molar-refractivity contribution in [2.24, 2.45) is 17.3 Å². The maximum Gasteiger partial charge on any atom is 0.163 e. The van der Waals surface area contributed by atoms with Gasteiger partial charge in [0.05, 0.1) is 0 Å². The highest BCUT2D eigenvalue weighted by molar-refractivity contribution is 6.31. The fraction of sp³-hybridized carbons (Fsp3) is 0.567. The average molecular weight is 449 g/mol. The molecule has 2 heteroatoms. The second kappa shape index (κ2) is 8.98. The first-order chi connectivity index (χ1) is 15.4. The van der Waals surface area contributed by atoms with Crippen molar-refractivity contribution in [3.8, 4) is 0 Å². The summed E-state index contributed by atoms with van der Waals surface area (Å²) in [5.41, 5.74) is 6.36. The molecule has 0 heterocycles. The molecule has 1 nitrogen and oxygen atoms in total. The van der Waals surface area contributed by atoms with Crippen molar-refractivity contribution in [3.05, 3.63) is 69.2 Å². The minimum absolute atomic E-state index is 0.261. The molecule has 0 saturated heterocycles. The molecule has 3 aliphatic rings. The van der Waals surface area contributed by atoms with Crippen LogP contribution in [0.3, 0.4) is 0 Å². The first-order valence-corrected chi connectivity index (χ1v) is 13.3. The Kier molecular flexibility index (Phi) is 6.23. The number of halogens is 1. The smallest absolute Gasteiger partial charge is 0.163 e. The minimum Gasteiger partial charge on any atom is -0.294 e. The van der Waals surface area contributed by atoms with Crippen molar-refractivity contribution in [2.75, 3.05) is 0 Å². The molecule has 2 fully saturated rings. The van der Waals surface area contributed by atoms with Crippen LogP contribution in [0.4, 0.5) is 0 Å². The summed E-state index contributed by atoms with van der Waals surface area (Å²) in [7, 11) is 0. The first kappa shape index (κ1) is 22.2. The molecule has 5 rings (SSSR count). The first-order valence-electron chi connectivity index (χ1n) is 12.9. The largest absolute Gasteiger partial charge is 0.294 e. The molecular formula is C30H37ClO. The molecule has 2 saturated carbocycles. The molecule has 0 amide bonds. The molecular weight excluding hydrogens is 412 g/mol. The number of hydrogen-bond acceptors (Lipinski definition) is 1. The second-order valence-corrected chi connectivity index (χ2v) is 11.7. The summed E-state index contributed by atoms with van der Waals surface area (Å²) < 4.78 is 0. The lowest BCUT2D eigenvalue weighted by Crippen LogP contribution is -2.30. The highest BCUT2D eigenvalue weighted by Gasteiger charge is 2.40. The molecule has 3 aliphatic carbocycles. The van der Waals surface area contributed by atoms with Gasteiger partial charge in [0.1, 0.15) is 0 Å². The van der Waals surface area contributed by atoms with Crippen LogP contribution in [0.25, 0.3) is 0 Å². The number of rotatable bonds is 4. The zero-order chi connectivity index (χ0) is 22.3. The predicted octanol–water partition coefficient (Wildman–Crippen LogP) is 8.55. The number of hydrogen-bond donors (Lipinski definition) is 0. The zero-order valence-corrected chi connectivity index (χ0v) is 20.5. The van der Waals surface area contributed by atoms with Crippen LogP contribution in [0.1, 0.15) is 110 Å². The van der Waals surface area contributed by atoms with Gasteiger partial charge in [-0.15, -0.1) is 0 Å². The van der Waals surface area contributed by atoms with Gasteiger partial charge in [0.15, 0.2) is 5.78 Å². The van der Waals surface area contributed by atoms with Gasteiger partial charge in [0.25, 0.3) is 0 Å². The maximum absolute atomic E-state index is 13.0. The molecule has 3 atom stereocenters. The van der Waals surface area contributed by atoms with Gasteiger partial charge >= 0.3 is 0 Å². The third-order valence-electron chi connectivity index (χ3n) is 8.79. The topological polar surface area (TPSA) is 17.1 Å². The van der Waals surface area contributed by atoms with Crippen LogP contribution >= 0.6 is 11.6 Å². The van der Waals surface area contributed by atoms with Crippen molar-refractivity contribution >= 4 is 17.4 Å². The van der Waals surface area contributed by atoms with E-state index in [9.17, 15) is 4.79 Å². The van der Waals surface area contributed by atoms with Gasteiger partial charge in [0.2, 0.25) is 0 Å². The molecule has 0 bridgehead atoms. The summed E-state index contributed by atoms with van der Waals surface area (Å²) in [5, 5.41) is 0.846. The highest BCUT2D eigenvalue weighted by Crippen LogP contribution is 2.48. The van der Waals surface area contributed by atoms with Crippen LogP contribution in [0.5, 0.6) is 0 Å². The molecule has 0 radical (unpaired) electrons. The summed E-state index contributed by atoms with van der Waals surface area (Å²) in [5.74, 6) is 2.65. The zero-order valence-electron chi connectivity index (χ0n) is 19.8. The van der Waals surface area contributed by atoms with Crippen molar-refractivity contribution in [2.45, 2.75) is 90.4 Å². The number of ketones is 1. The number of carbonyl (C=O) groups is 1. The van der Waals surface area contributed by atoms with E-state index in [4.69, 9.17) is 11.6 Å². The van der Waals surface area contributed by atoms with Gasteiger partial charge in [-0.05, 0) is 103 Å². The lowest BCUT2D eigenvalue weighted by molar-refractivity contribution is 0.0888. The average Bonchev–Trinajstić information content (AvgIpc) is 3.22. The quantitative estimate of drug-likeness (QED) is 0.457. The van der Waals surface area contributed by atoms with E-state index < -0.39 is 0 Å². The molecule has 1 spiro atoms. The van der Waals surface area contributed by atoms with E-state index in [1.165, 1.54) is 73.6 Å². The van der Waals surface area contributed by atoms with Crippen molar-refractivity contribution < 1.29 is 4.79 Å². The molecule has 0 N–H and O–H groups in total. The third-order valence-corrected chi connectivity index (χ3v) is 9.16. The van der Waals surface area contributed by atoms with Crippen LogP contribution in [0.15, 0.2) is 36.4 Å². The lowest BCUT2D eigenvalue weighted by Gasteiger charge is -2.34. The van der Waals surface area contributed by atoms with Gasteiger partial charge < -0.3 is 0 Å². The second-order valence-electron chi connectivity index (χ2n) is 11.3. The van der Waals surface area contributed by atoms with E-state index in [0.717, 1.165) is 41.7 Å². The molecule has 170 valence electrons. The van der Waals surface area contributed by atoms with Crippen molar-refractivity contribution in [1.29, 1.82) is 0 Å². The van der Waals surface area contributed by atoms with Crippen molar-refractivity contribution in [1.82, 2.24) is 0 Å². The lowest BCUT2D eigenvalue weighted by atomic mass is 9.69. The van der Waals surface area contributed by atoms with Crippen LogP contribution in [-0.4, -0.2) is 5.78 Å². The Hall–Kier alpha value is -1.60. The van der Waals surface area contributed by atoms with E-state index in [1.807, 2.05) is 0 Å². The van der Waals surface area contributed by atoms with Gasteiger partial charge in [0, 0.05) is 17.0 Å². The van der Waals surface area contributed by atoms with Gasteiger partial charge in [-0.25, -0.2) is 0 Å². The normalized spacial score (nSPS) is 27.0. The number of Topliss-reactive ketones (excluding diaryl/α,β-unsaturated/α-hetero) is 1. The Morgan fingerprint density at radius 3 is 2.59 bits per heavy atom.